The molecule has 82 valence electrons. The number of fused-ring (bicyclic) bond motifs is 1. The summed E-state index contributed by atoms with van der Waals surface area (Å²) in [6.45, 7) is 0.530. The number of carbonyl (C=O) groups excluding carboxylic acids is 1. The molecular formula is C13H12O3. The van der Waals surface area contributed by atoms with E-state index in [1.165, 1.54) is 7.11 Å². The molecule has 0 aromatic heterocycles. The lowest BCUT2D eigenvalue weighted by Gasteiger charge is -2.24. The van der Waals surface area contributed by atoms with E-state index in [-0.39, 0.29) is 11.9 Å². The molecule has 0 amide bonds. The van der Waals surface area contributed by atoms with Crippen LogP contribution in [0.1, 0.15) is 23.5 Å². The van der Waals surface area contributed by atoms with Crippen LogP contribution in [-0.2, 0) is 9.53 Å². The average Bonchev–Trinajstić information content (AvgIpc) is 2.36. The van der Waals surface area contributed by atoms with Crippen LogP contribution in [0.4, 0.5) is 0 Å². The quantitative estimate of drug-likeness (QED) is 0.529. The second-order valence-corrected chi connectivity index (χ2v) is 3.61. The topological polar surface area (TPSA) is 35.5 Å². The molecular weight excluding hydrogens is 204 g/mol. The minimum absolute atomic E-state index is 0.237. The van der Waals surface area contributed by atoms with Crippen molar-refractivity contribution < 1.29 is 14.3 Å². The minimum Gasteiger partial charge on any atom is -0.493 e. The molecule has 3 nitrogen and oxygen atoms in total. The molecule has 0 aliphatic carbocycles. The van der Waals surface area contributed by atoms with Crippen LogP contribution in [0.25, 0.3) is 0 Å². The fraction of sp³-hybridized carbons (Fsp3) is 0.308. The second kappa shape index (κ2) is 4.28. The molecule has 0 N–H and O–H groups in total. The van der Waals surface area contributed by atoms with Gasteiger partial charge < -0.3 is 9.47 Å². The first-order valence-electron chi connectivity index (χ1n) is 5.07. The Bertz CT molecular complexity index is 457. The van der Waals surface area contributed by atoms with E-state index in [1.54, 1.807) is 12.1 Å². The van der Waals surface area contributed by atoms with Gasteiger partial charge in [-0.25, -0.2) is 0 Å². The van der Waals surface area contributed by atoms with Crippen molar-refractivity contribution in [2.45, 2.75) is 12.3 Å². The van der Waals surface area contributed by atoms with E-state index in [2.05, 4.69) is 5.92 Å². The van der Waals surface area contributed by atoms with Crippen LogP contribution in [0.2, 0.25) is 0 Å². The second-order valence-electron chi connectivity index (χ2n) is 3.61. The fourth-order valence-corrected chi connectivity index (χ4v) is 1.87. The summed E-state index contributed by atoms with van der Waals surface area (Å²) >= 11 is 0. The van der Waals surface area contributed by atoms with Gasteiger partial charge >= 0.3 is 5.97 Å². The van der Waals surface area contributed by atoms with Gasteiger partial charge in [-0.15, -0.1) is 6.42 Å². The van der Waals surface area contributed by atoms with Gasteiger partial charge in [0.25, 0.3) is 0 Å². The molecule has 1 aromatic rings. The van der Waals surface area contributed by atoms with Crippen molar-refractivity contribution in [3.05, 3.63) is 29.3 Å². The van der Waals surface area contributed by atoms with Gasteiger partial charge in [-0.2, -0.15) is 0 Å². The first-order chi connectivity index (χ1) is 7.76. The standard InChI is InChI=1S/C13H12O3/c1-3-9-4-5-12-11(8-9)10(6-7-16-12)13(14)15-2/h1,4-5,8,10H,6-7H2,2H3. The number of esters is 1. The average molecular weight is 216 g/mol. The van der Waals surface area contributed by atoms with Crippen LogP contribution >= 0.6 is 0 Å². The summed E-state index contributed by atoms with van der Waals surface area (Å²) in [5.41, 5.74) is 1.58. The van der Waals surface area contributed by atoms with Gasteiger partial charge in [-0.05, 0) is 24.6 Å². The molecule has 16 heavy (non-hydrogen) atoms. The summed E-state index contributed by atoms with van der Waals surface area (Å²) in [5, 5.41) is 0. The van der Waals surface area contributed by atoms with Gasteiger partial charge in [0.15, 0.2) is 0 Å². The Morgan fingerprint density at radius 2 is 2.44 bits per heavy atom. The number of ether oxygens (including phenoxy) is 2. The Labute approximate surface area is 94.4 Å². The SMILES string of the molecule is C#Cc1ccc2c(c1)C(C(=O)OC)CCO2. The van der Waals surface area contributed by atoms with E-state index in [4.69, 9.17) is 15.9 Å². The van der Waals surface area contributed by atoms with E-state index >= 15 is 0 Å². The molecule has 2 rings (SSSR count). The van der Waals surface area contributed by atoms with Crippen LogP contribution in [0, 0.1) is 12.3 Å². The van der Waals surface area contributed by atoms with Crippen LogP contribution in [0.5, 0.6) is 5.75 Å². The fourth-order valence-electron chi connectivity index (χ4n) is 1.87. The molecule has 1 aromatic carbocycles. The maximum atomic E-state index is 11.6. The van der Waals surface area contributed by atoms with Crippen LogP contribution in [0.15, 0.2) is 18.2 Å². The molecule has 0 saturated heterocycles. The van der Waals surface area contributed by atoms with Crippen LogP contribution in [0.3, 0.4) is 0 Å². The van der Waals surface area contributed by atoms with E-state index < -0.39 is 0 Å². The van der Waals surface area contributed by atoms with Crippen molar-refractivity contribution in [3.63, 3.8) is 0 Å². The lowest BCUT2D eigenvalue weighted by atomic mass is 9.92. The highest BCUT2D eigenvalue weighted by Crippen LogP contribution is 2.34. The summed E-state index contributed by atoms with van der Waals surface area (Å²) in [7, 11) is 1.39. The first-order valence-corrected chi connectivity index (χ1v) is 5.07. The molecule has 0 radical (unpaired) electrons. The van der Waals surface area contributed by atoms with Gasteiger partial charge in [0.2, 0.25) is 0 Å². The molecule has 3 heteroatoms. The number of terminal acetylenes is 1. The predicted octanol–water partition coefficient (Wildman–Crippen LogP) is 1.71. The maximum absolute atomic E-state index is 11.6. The number of methoxy groups -OCH3 is 1. The number of benzene rings is 1. The van der Waals surface area contributed by atoms with E-state index in [1.807, 2.05) is 6.07 Å². The largest absolute Gasteiger partial charge is 0.493 e. The Morgan fingerprint density at radius 1 is 1.62 bits per heavy atom. The lowest BCUT2D eigenvalue weighted by molar-refractivity contribution is -0.143. The summed E-state index contributed by atoms with van der Waals surface area (Å²) < 4.78 is 10.2. The number of hydrogen-bond donors (Lipinski definition) is 0. The highest BCUT2D eigenvalue weighted by molar-refractivity contribution is 5.79. The van der Waals surface area contributed by atoms with E-state index in [0.29, 0.717) is 13.0 Å². The summed E-state index contributed by atoms with van der Waals surface area (Å²) in [5.74, 6) is 2.77. The molecule has 0 fully saturated rings. The number of rotatable bonds is 1. The minimum atomic E-state index is -0.262. The predicted molar refractivity (Wildman–Crippen MR) is 59.2 cm³/mol. The van der Waals surface area contributed by atoms with Gasteiger partial charge in [-0.3, -0.25) is 4.79 Å². The molecule has 1 heterocycles. The maximum Gasteiger partial charge on any atom is 0.313 e. The molecule has 1 aliphatic rings. The van der Waals surface area contributed by atoms with Crippen molar-refractivity contribution in [3.8, 4) is 18.1 Å². The monoisotopic (exact) mass is 216 g/mol. The molecule has 0 spiro atoms. The zero-order valence-corrected chi connectivity index (χ0v) is 9.03. The Kier molecular flexibility index (Phi) is 2.82. The molecule has 1 unspecified atom stereocenters. The number of carbonyl (C=O) groups is 1. The first kappa shape index (κ1) is 10.6. The van der Waals surface area contributed by atoms with Gasteiger partial charge in [-0.1, -0.05) is 5.92 Å². The molecule has 1 aliphatic heterocycles. The van der Waals surface area contributed by atoms with Crippen molar-refractivity contribution in [1.29, 1.82) is 0 Å². The molecule has 1 atom stereocenters. The summed E-state index contributed by atoms with van der Waals surface area (Å²) in [4.78, 5) is 11.6. The van der Waals surface area contributed by atoms with Crippen molar-refractivity contribution in [2.24, 2.45) is 0 Å². The Morgan fingerprint density at radius 3 is 3.12 bits per heavy atom. The zero-order valence-electron chi connectivity index (χ0n) is 9.03. The Balaban J connectivity index is 2.44. The number of hydrogen-bond acceptors (Lipinski definition) is 3. The van der Waals surface area contributed by atoms with Crippen LogP contribution < -0.4 is 4.74 Å². The third kappa shape index (κ3) is 1.74. The summed E-state index contributed by atoms with van der Waals surface area (Å²) in [6.07, 6.45) is 5.96. The summed E-state index contributed by atoms with van der Waals surface area (Å²) in [6, 6.07) is 5.42. The Hall–Kier alpha value is -1.95. The van der Waals surface area contributed by atoms with Gasteiger partial charge in [0, 0.05) is 11.1 Å². The van der Waals surface area contributed by atoms with Crippen molar-refractivity contribution >= 4 is 5.97 Å². The smallest absolute Gasteiger partial charge is 0.313 e. The third-order valence-corrected chi connectivity index (χ3v) is 2.70. The van der Waals surface area contributed by atoms with E-state index in [9.17, 15) is 4.79 Å². The highest BCUT2D eigenvalue weighted by Gasteiger charge is 2.28. The normalized spacial score (nSPS) is 17.9. The van der Waals surface area contributed by atoms with Gasteiger partial charge in [0.05, 0.1) is 19.6 Å². The van der Waals surface area contributed by atoms with Crippen molar-refractivity contribution in [1.82, 2.24) is 0 Å². The van der Waals surface area contributed by atoms with Crippen LogP contribution in [-0.4, -0.2) is 19.7 Å². The van der Waals surface area contributed by atoms with Crippen molar-refractivity contribution in [2.75, 3.05) is 13.7 Å². The lowest BCUT2D eigenvalue weighted by Crippen LogP contribution is -2.22. The molecule has 0 bridgehead atoms. The third-order valence-electron chi connectivity index (χ3n) is 2.70. The molecule has 0 saturated carbocycles. The van der Waals surface area contributed by atoms with E-state index in [0.717, 1.165) is 16.9 Å². The highest BCUT2D eigenvalue weighted by atomic mass is 16.5. The zero-order chi connectivity index (χ0) is 11.5. The van der Waals surface area contributed by atoms with Gasteiger partial charge in [0.1, 0.15) is 5.75 Å².